The predicted molar refractivity (Wildman–Crippen MR) is 126 cm³/mol. The van der Waals surface area contributed by atoms with Crippen LogP contribution < -0.4 is 5.32 Å². The second kappa shape index (κ2) is 9.59. The molecule has 0 spiro atoms. The van der Waals surface area contributed by atoms with Gasteiger partial charge in [-0.05, 0) is 41.8 Å². The van der Waals surface area contributed by atoms with Crippen molar-refractivity contribution in [1.82, 2.24) is 19.9 Å². The van der Waals surface area contributed by atoms with Crippen LogP contribution >= 0.6 is 0 Å². The van der Waals surface area contributed by atoms with Crippen LogP contribution in [0.3, 0.4) is 0 Å². The molecule has 2 aromatic heterocycles. The third kappa shape index (κ3) is 5.11. The monoisotopic (exact) mass is 549 g/mol. The van der Waals surface area contributed by atoms with E-state index in [1.165, 1.54) is 17.3 Å². The summed E-state index contributed by atoms with van der Waals surface area (Å²) in [6.45, 7) is 0.469. The molecule has 0 aliphatic carbocycles. The molecule has 2 aromatic carbocycles. The summed E-state index contributed by atoms with van der Waals surface area (Å²) in [4.78, 5) is 24.8. The van der Waals surface area contributed by atoms with Crippen molar-refractivity contribution in [3.8, 4) is 0 Å². The summed E-state index contributed by atoms with van der Waals surface area (Å²) in [5.41, 5.74) is 0.913. The van der Waals surface area contributed by atoms with E-state index in [9.17, 15) is 30.8 Å². The van der Waals surface area contributed by atoms with E-state index in [1.807, 2.05) is 0 Å². The van der Waals surface area contributed by atoms with Crippen molar-refractivity contribution >= 4 is 27.1 Å². The third-order valence-electron chi connectivity index (χ3n) is 5.99. The van der Waals surface area contributed by atoms with Gasteiger partial charge in [-0.2, -0.15) is 13.2 Å². The molecule has 0 bridgehead atoms. The van der Waals surface area contributed by atoms with Crippen LogP contribution in [0.4, 0.5) is 28.9 Å². The zero-order chi connectivity index (χ0) is 27.1. The number of halogens is 4. The molecule has 198 valence electrons. The normalized spacial score (nSPS) is 13.8. The van der Waals surface area contributed by atoms with Crippen molar-refractivity contribution in [2.45, 2.75) is 30.1 Å². The second-order valence-electron chi connectivity index (χ2n) is 8.56. The molecular formula is C24H19F4N5O4S. The summed E-state index contributed by atoms with van der Waals surface area (Å²) in [5.74, 6) is -2.20. The quantitative estimate of drug-likeness (QED) is 0.341. The zero-order valence-electron chi connectivity index (χ0n) is 19.4. The molecule has 0 radical (unpaired) electrons. The Bertz CT molecular complexity index is 1600. The Kier molecular flexibility index (Phi) is 6.42. The highest BCUT2D eigenvalue weighted by Gasteiger charge is 2.34. The van der Waals surface area contributed by atoms with Crippen molar-refractivity contribution in [3.05, 3.63) is 89.1 Å². The van der Waals surface area contributed by atoms with Gasteiger partial charge < -0.3 is 19.6 Å². The molecule has 14 heteroatoms. The summed E-state index contributed by atoms with van der Waals surface area (Å²) in [5, 5.41) is 2.59. The van der Waals surface area contributed by atoms with Crippen molar-refractivity contribution in [3.63, 3.8) is 0 Å². The highest BCUT2D eigenvalue weighted by atomic mass is 32.2. The highest BCUT2D eigenvalue weighted by molar-refractivity contribution is 7.90. The molecule has 9 nitrogen and oxygen atoms in total. The molecule has 0 saturated heterocycles. The number of fused-ring (bicyclic) bond motifs is 1. The van der Waals surface area contributed by atoms with E-state index in [4.69, 9.17) is 4.42 Å². The highest BCUT2D eigenvalue weighted by Crippen LogP contribution is 2.34. The van der Waals surface area contributed by atoms with Crippen LogP contribution in [0.25, 0.3) is 0 Å². The summed E-state index contributed by atoms with van der Waals surface area (Å²) in [6, 6.07) is 7.83. The summed E-state index contributed by atoms with van der Waals surface area (Å²) in [7, 11) is -3.89. The number of rotatable bonds is 6. The smallest absolute Gasteiger partial charge is 0.419 e. The Morgan fingerprint density at radius 1 is 1.21 bits per heavy atom. The number of aromatic amines is 1. The Morgan fingerprint density at radius 3 is 2.74 bits per heavy atom. The number of carbonyl (C=O) groups is 1. The SMILES string of the molecule is O=C(c1c[nH]c(S(=O)(=O)Cc2cnco2)n1)N1CCc2c(cccc2Nc2ccc(C(F)(F)F)c(F)c2)C1. The van der Waals surface area contributed by atoms with Crippen molar-refractivity contribution in [2.24, 2.45) is 0 Å². The largest absolute Gasteiger partial charge is 0.447 e. The number of carbonyl (C=O) groups excluding carboxylic acids is 1. The maximum atomic E-state index is 14.0. The van der Waals surface area contributed by atoms with Gasteiger partial charge in [-0.1, -0.05) is 12.1 Å². The summed E-state index contributed by atoms with van der Waals surface area (Å²) < 4.78 is 82.7. The van der Waals surface area contributed by atoms with Gasteiger partial charge in [-0.15, -0.1) is 0 Å². The number of nitrogens with one attached hydrogen (secondary N) is 2. The maximum Gasteiger partial charge on any atom is 0.419 e. The number of nitrogens with zero attached hydrogens (tertiary/aromatic N) is 3. The first-order chi connectivity index (χ1) is 18.0. The third-order valence-corrected chi connectivity index (χ3v) is 7.45. The molecule has 5 rings (SSSR count). The molecule has 0 fully saturated rings. The van der Waals surface area contributed by atoms with E-state index in [1.54, 1.807) is 18.2 Å². The van der Waals surface area contributed by atoms with Gasteiger partial charge >= 0.3 is 6.18 Å². The first kappa shape index (κ1) is 25.4. The van der Waals surface area contributed by atoms with E-state index in [-0.39, 0.29) is 35.4 Å². The van der Waals surface area contributed by atoms with Gasteiger partial charge in [0.25, 0.3) is 5.91 Å². The van der Waals surface area contributed by atoms with Gasteiger partial charge in [0, 0.05) is 30.7 Å². The molecule has 1 amide bonds. The number of H-pyrrole nitrogens is 1. The lowest BCUT2D eigenvalue weighted by Gasteiger charge is -2.30. The number of aromatic nitrogens is 3. The number of imidazole rings is 1. The molecule has 0 atom stereocenters. The molecule has 1 aliphatic rings. The van der Waals surface area contributed by atoms with Gasteiger partial charge in [0.2, 0.25) is 15.0 Å². The van der Waals surface area contributed by atoms with E-state index in [0.717, 1.165) is 29.7 Å². The van der Waals surface area contributed by atoms with Crippen LogP contribution in [0.2, 0.25) is 0 Å². The average molecular weight is 550 g/mol. The fourth-order valence-electron chi connectivity index (χ4n) is 4.18. The first-order valence-electron chi connectivity index (χ1n) is 11.2. The molecule has 0 unspecified atom stereocenters. The van der Waals surface area contributed by atoms with Crippen LogP contribution in [-0.4, -0.2) is 40.7 Å². The molecule has 38 heavy (non-hydrogen) atoms. The summed E-state index contributed by atoms with van der Waals surface area (Å²) in [6.07, 6.45) is -0.787. The minimum Gasteiger partial charge on any atom is -0.447 e. The Balaban J connectivity index is 1.30. The van der Waals surface area contributed by atoms with Crippen molar-refractivity contribution < 1.29 is 35.2 Å². The van der Waals surface area contributed by atoms with Gasteiger partial charge in [-0.25, -0.2) is 22.8 Å². The molecule has 2 N–H and O–H groups in total. The minimum absolute atomic E-state index is 0.0703. The van der Waals surface area contributed by atoms with Crippen molar-refractivity contribution in [1.29, 1.82) is 0 Å². The van der Waals surface area contributed by atoms with Crippen molar-refractivity contribution in [2.75, 3.05) is 11.9 Å². The standard InChI is InChI=1S/C24H19F4N5O4S/c25-19-8-15(4-5-18(19)24(26,27)28)31-20-3-1-2-14-11-33(7-6-17(14)20)22(34)21-10-30-23(32-21)38(35,36)12-16-9-29-13-37-16/h1-5,8-10,13,31H,6-7,11-12H2,(H,30,32). The van der Waals surface area contributed by atoms with Gasteiger partial charge in [0.15, 0.2) is 6.39 Å². The van der Waals surface area contributed by atoms with Crippen LogP contribution in [0, 0.1) is 5.82 Å². The Labute approximate surface area is 213 Å². The topological polar surface area (TPSA) is 121 Å². The number of oxazole rings is 1. The molecule has 4 aromatic rings. The summed E-state index contributed by atoms with van der Waals surface area (Å²) >= 11 is 0. The number of anilines is 2. The van der Waals surface area contributed by atoms with Crippen LogP contribution in [0.15, 0.2) is 64.8 Å². The van der Waals surface area contributed by atoms with E-state index in [0.29, 0.717) is 18.2 Å². The van der Waals surface area contributed by atoms with Gasteiger partial charge in [-0.3, -0.25) is 4.79 Å². The molecule has 1 aliphatic heterocycles. The molecule has 0 saturated carbocycles. The molecular weight excluding hydrogens is 530 g/mol. The first-order valence-corrected chi connectivity index (χ1v) is 12.9. The van der Waals surface area contributed by atoms with Crippen LogP contribution in [-0.2, 0) is 34.7 Å². The predicted octanol–water partition coefficient (Wildman–Crippen LogP) is 4.47. The van der Waals surface area contributed by atoms with E-state index >= 15 is 0 Å². The lowest BCUT2D eigenvalue weighted by Crippen LogP contribution is -2.36. The second-order valence-corrected chi connectivity index (χ2v) is 10.5. The van der Waals surface area contributed by atoms with Crippen LogP contribution in [0.5, 0.6) is 0 Å². The number of amides is 1. The Hall–Kier alpha value is -4.20. The Morgan fingerprint density at radius 2 is 2.03 bits per heavy atom. The number of hydrogen-bond donors (Lipinski definition) is 2. The fourth-order valence-corrected chi connectivity index (χ4v) is 5.31. The average Bonchev–Trinajstić information content (AvgIpc) is 3.55. The fraction of sp³-hybridized carbons (Fsp3) is 0.208. The van der Waals surface area contributed by atoms with Crippen LogP contribution in [0.1, 0.15) is 32.9 Å². The maximum absolute atomic E-state index is 14.0. The number of benzene rings is 2. The van der Waals surface area contributed by atoms with Gasteiger partial charge in [0.05, 0.1) is 11.8 Å². The van der Waals surface area contributed by atoms with E-state index in [2.05, 4.69) is 20.3 Å². The number of sulfone groups is 1. The number of alkyl halides is 3. The number of hydrogen-bond acceptors (Lipinski definition) is 7. The lowest BCUT2D eigenvalue weighted by molar-refractivity contribution is -0.139. The lowest BCUT2D eigenvalue weighted by atomic mass is 9.97. The molecule has 3 heterocycles. The van der Waals surface area contributed by atoms with Gasteiger partial charge in [0.1, 0.15) is 23.0 Å². The minimum atomic E-state index is -4.79. The van der Waals surface area contributed by atoms with E-state index < -0.39 is 39.1 Å². The zero-order valence-corrected chi connectivity index (χ0v) is 20.2.